The zero-order chi connectivity index (χ0) is 14.7. The Labute approximate surface area is 129 Å². The van der Waals surface area contributed by atoms with Crippen LogP contribution in [-0.2, 0) is 5.75 Å². The van der Waals surface area contributed by atoms with Crippen molar-refractivity contribution in [2.24, 2.45) is 5.73 Å². The number of nitrogens with two attached hydrogens (primary N) is 1. The van der Waals surface area contributed by atoms with E-state index in [9.17, 15) is 0 Å². The summed E-state index contributed by atoms with van der Waals surface area (Å²) < 4.78 is 5.43. The van der Waals surface area contributed by atoms with Gasteiger partial charge in [0.1, 0.15) is 0 Å². The van der Waals surface area contributed by atoms with Crippen LogP contribution in [0.5, 0.6) is 0 Å². The summed E-state index contributed by atoms with van der Waals surface area (Å²) in [6.07, 6.45) is 4.34. The molecule has 1 fully saturated rings. The Hall–Kier alpha value is -1.33. The second-order valence-electron chi connectivity index (χ2n) is 5.78. The molecule has 0 radical (unpaired) electrons. The smallest absolute Gasteiger partial charge is 0.229 e. The van der Waals surface area contributed by atoms with Gasteiger partial charge in [-0.05, 0) is 38.3 Å². The van der Waals surface area contributed by atoms with Gasteiger partial charge in [-0.2, -0.15) is 4.98 Å². The Morgan fingerprint density at radius 3 is 3.10 bits per heavy atom. The third-order valence-corrected chi connectivity index (χ3v) is 4.90. The van der Waals surface area contributed by atoms with Crippen molar-refractivity contribution in [1.82, 2.24) is 10.1 Å². The first-order valence-electron chi connectivity index (χ1n) is 7.48. The summed E-state index contributed by atoms with van der Waals surface area (Å²) in [5.41, 5.74) is 7.29. The van der Waals surface area contributed by atoms with E-state index in [2.05, 4.69) is 41.3 Å². The summed E-state index contributed by atoms with van der Waals surface area (Å²) >= 11 is 1.74. The molecule has 2 atom stereocenters. The van der Waals surface area contributed by atoms with Crippen LogP contribution in [0.25, 0.3) is 0 Å². The molecular formula is C16H21N3OS. The summed E-state index contributed by atoms with van der Waals surface area (Å²) in [5.74, 6) is 2.63. The van der Waals surface area contributed by atoms with Gasteiger partial charge in [-0.3, -0.25) is 0 Å². The highest BCUT2D eigenvalue weighted by Crippen LogP contribution is 2.31. The molecule has 1 saturated carbocycles. The van der Waals surface area contributed by atoms with Gasteiger partial charge in [-0.15, -0.1) is 11.8 Å². The number of aryl methyl sites for hydroxylation is 1. The van der Waals surface area contributed by atoms with Gasteiger partial charge >= 0.3 is 0 Å². The van der Waals surface area contributed by atoms with E-state index in [1.54, 1.807) is 11.8 Å². The maximum atomic E-state index is 6.02. The van der Waals surface area contributed by atoms with E-state index in [-0.39, 0.29) is 6.04 Å². The SMILES string of the molecule is Cc1cccc(SCc2noc(C3CCCC(N)C3)n2)c1. The molecule has 0 saturated heterocycles. The number of hydrogen-bond donors (Lipinski definition) is 1. The fourth-order valence-corrected chi connectivity index (χ4v) is 3.65. The zero-order valence-corrected chi connectivity index (χ0v) is 13.1. The van der Waals surface area contributed by atoms with E-state index in [1.165, 1.54) is 10.5 Å². The van der Waals surface area contributed by atoms with Crippen molar-refractivity contribution in [3.63, 3.8) is 0 Å². The lowest BCUT2D eigenvalue weighted by molar-refractivity contribution is 0.297. The monoisotopic (exact) mass is 303 g/mol. The lowest BCUT2D eigenvalue weighted by Gasteiger charge is -2.23. The molecule has 3 rings (SSSR count). The molecular weight excluding hydrogens is 282 g/mol. The van der Waals surface area contributed by atoms with Gasteiger partial charge in [-0.25, -0.2) is 0 Å². The quantitative estimate of drug-likeness (QED) is 0.873. The second-order valence-corrected chi connectivity index (χ2v) is 6.83. The molecule has 1 aromatic heterocycles. The first-order valence-corrected chi connectivity index (χ1v) is 8.47. The van der Waals surface area contributed by atoms with E-state index in [0.29, 0.717) is 5.92 Å². The average Bonchev–Trinajstić information content (AvgIpc) is 2.94. The third kappa shape index (κ3) is 3.86. The number of thioether (sulfide) groups is 1. The lowest BCUT2D eigenvalue weighted by atomic mass is 9.86. The Balaban J connectivity index is 1.60. The van der Waals surface area contributed by atoms with Crippen LogP contribution in [0.1, 0.15) is 48.9 Å². The van der Waals surface area contributed by atoms with Gasteiger partial charge < -0.3 is 10.3 Å². The van der Waals surface area contributed by atoms with Crippen molar-refractivity contribution in [1.29, 1.82) is 0 Å². The average molecular weight is 303 g/mol. The molecule has 5 heteroatoms. The van der Waals surface area contributed by atoms with Crippen LogP contribution in [0.3, 0.4) is 0 Å². The second kappa shape index (κ2) is 6.62. The fraction of sp³-hybridized carbons (Fsp3) is 0.500. The van der Waals surface area contributed by atoms with E-state index in [4.69, 9.17) is 10.3 Å². The van der Waals surface area contributed by atoms with E-state index in [1.807, 2.05) is 0 Å². The molecule has 2 N–H and O–H groups in total. The summed E-state index contributed by atoms with van der Waals surface area (Å²) in [5, 5.41) is 4.11. The fourth-order valence-electron chi connectivity index (χ4n) is 2.80. The highest BCUT2D eigenvalue weighted by atomic mass is 32.2. The topological polar surface area (TPSA) is 64.9 Å². The Bertz CT molecular complexity index is 599. The molecule has 1 aromatic carbocycles. The van der Waals surface area contributed by atoms with Crippen molar-refractivity contribution in [2.45, 2.75) is 55.2 Å². The minimum absolute atomic E-state index is 0.278. The van der Waals surface area contributed by atoms with Crippen LogP contribution >= 0.6 is 11.8 Å². The number of aromatic nitrogens is 2. The van der Waals surface area contributed by atoms with Crippen molar-refractivity contribution in [3.05, 3.63) is 41.5 Å². The van der Waals surface area contributed by atoms with Crippen LogP contribution < -0.4 is 5.73 Å². The first-order chi connectivity index (χ1) is 10.2. The van der Waals surface area contributed by atoms with Gasteiger partial charge in [0.15, 0.2) is 5.82 Å². The Morgan fingerprint density at radius 1 is 1.38 bits per heavy atom. The van der Waals surface area contributed by atoms with Gasteiger partial charge in [-0.1, -0.05) is 29.3 Å². The Kier molecular flexibility index (Phi) is 4.60. The van der Waals surface area contributed by atoms with Crippen LogP contribution in [0.2, 0.25) is 0 Å². The van der Waals surface area contributed by atoms with Crippen LogP contribution in [0, 0.1) is 6.92 Å². The molecule has 21 heavy (non-hydrogen) atoms. The summed E-state index contributed by atoms with van der Waals surface area (Å²) in [6, 6.07) is 8.73. The van der Waals surface area contributed by atoms with Crippen molar-refractivity contribution in [3.8, 4) is 0 Å². The molecule has 2 aromatic rings. The van der Waals surface area contributed by atoms with Gasteiger partial charge in [0.25, 0.3) is 0 Å². The highest BCUT2D eigenvalue weighted by Gasteiger charge is 2.25. The zero-order valence-electron chi connectivity index (χ0n) is 12.3. The number of rotatable bonds is 4. The summed E-state index contributed by atoms with van der Waals surface area (Å²) in [7, 11) is 0. The molecule has 0 aliphatic heterocycles. The number of hydrogen-bond acceptors (Lipinski definition) is 5. The maximum absolute atomic E-state index is 6.02. The molecule has 1 aliphatic carbocycles. The van der Waals surface area contributed by atoms with Crippen LogP contribution in [0.4, 0.5) is 0 Å². The largest absolute Gasteiger partial charge is 0.339 e. The number of benzene rings is 1. The summed E-state index contributed by atoms with van der Waals surface area (Å²) in [4.78, 5) is 5.79. The highest BCUT2D eigenvalue weighted by molar-refractivity contribution is 7.98. The van der Waals surface area contributed by atoms with Gasteiger partial charge in [0, 0.05) is 16.9 Å². The molecule has 4 nitrogen and oxygen atoms in total. The molecule has 1 aliphatic rings. The molecule has 112 valence electrons. The Morgan fingerprint density at radius 2 is 2.29 bits per heavy atom. The van der Waals surface area contributed by atoms with Gasteiger partial charge in [0.05, 0.1) is 5.75 Å². The molecule has 1 heterocycles. The van der Waals surface area contributed by atoms with Crippen LogP contribution in [-0.4, -0.2) is 16.2 Å². The molecule has 2 unspecified atom stereocenters. The van der Waals surface area contributed by atoms with E-state index in [0.717, 1.165) is 43.2 Å². The van der Waals surface area contributed by atoms with Gasteiger partial charge in [0.2, 0.25) is 5.89 Å². The van der Waals surface area contributed by atoms with Crippen molar-refractivity contribution >= 4 is 11.8 Å². The third-order valence-electron chi connectivity index (χ3n) is 3.91. The predicted molar refractivity (Wildman–Crippen MR) is 84.2 cm³/mol. The summed E-state index contributed by atoms with van der Waals surface area (Å²) in [6.45, 7) is 2.10. The number of nitrogens with zero attached hydrogens (tertiary/aromatic N) is 2. The lowest BCUT2D eigenvalue weighted by Crippen LogP contribution is -2.26. The van der Waals surface area contributed by atoms with Crippen molar-refractivity contribution in [2.75, 3.05) is 0 Å². The molecule has 0 amide bonds. The van der Waals surface area contributed by atoms with Crippen molar-refractivity contribution < 1.29 is 4.52 Å². The molecule has 0 spiro atoms. The van der Waals surface area contributed by atoms with E-state index < -0.39 is 0 Å². The first kappa shape index (κ1) is 14.6. The molecule has 0 bridgehead atoms. The standard InChI is InChI=1S/C16H21N3OS/c1-11-4-2-7-14(8-11)21-10-15-18-16(20-19-15)12-5-3-6-13(17)9-12/h2,4,7-8,12-13H,3,5-6,9-10,17H2,1H3. The van der Waals surface area contributed by atoms with Crippen LogP contribution in [0.15, 0.2) is 33.7 Å². The maximum Gasteiger partial charge on any atom is 0.229 e. The predicted octanol–water partition coefficient (Wildman–Crippen LogP) is 3.66. The minimum atomic E-state index is 0.278. The van der Waals surface area contributed by atoms with E-state index >= 15 is 0 Å². The normalized spacial score (nSPS) is 22.4. The minimum Gasteiger partial charge on any atom is -0.339 e.